The summed E-state index contributed by atoms with van der Waals surface area (Å²) in [6.45, 7) is 3.43. The zero-order valence-electron chi connectivity index (χ0n) is 9.96. The van der Waals surface area contributed by atoms with Gasteiger partial charge in [0.15, 0.2) is 5.69 Å². The van der Waals surface area contributed by atoms with Gasteiger partial charge in [-0.3, -0.25) is 4.79 Å². The number of hydrogen-bond acceptors (Lipinski definition) is 5. The Morgan fingerprint density at radius 3 is 3.06 bits per heavy atom. The number of carboxylic acids is 1. The third kappa shape index (κ3) is 2.66. The van der Waals surface area contributed by atoms with E-state index in [1.54, 1.807) is 4.90 Å². The number of amides is 1. The maximum Gasteiger partial charge on any atom is 0.374 e. The maximum absolute atomic E-state index is 12.1. The molecule has 18 heavy (non-hydrogen) atoms. The molecule has 1 aliphatic rings. The summed E-state index contributed by atoms with van der Waals surface area (Å²) in [6.07, 6.45) is 1.01. The van der Waals surface area contributed by atoms with Crippen LogP contribution in [0, 0.1) is 0 Å². The molecule has 2 heterocycles. The second-order valence-electron chi connectivity index (χ2n) is 4.03. The predicted molar refractivity (Wildman–Crippen MR) is 65.9 cm³/mol. The zero-order chi connectivity index (χ0) is 13.1. The van der Waals surface area contributed by atoms with Crippen LogP contribution in [0.5, 0.6) is 0 Å². The Morgan fingerprint density at radius 1 is 1.67 bits per heavy atom. The van der Waals surface area contributed by atoms with E-state index in [0.717, 1.165) is 12.2 Å². The van der Waals surface area contributed by atoms with Gasteiger partial charge < -0.3 is 14.5 Å². The third-order valence-electron chi connectivity index (χ3n) is 2.82. The molecule has 0 spiro atoms. The van der Waals surface area contributed by atoms with E-state index in [9.17, 15) is 9.59 Å². The Morgan fingerprint density at radius 2 is 2.44 bits per heavy atom. The van der Waals surface area contributed by atoms with Crippen molar-refractivity contribution in [2.24, 2.45) is 0 Å². The molecule has 0 bridgehead atoms. The molecule has 0 saturated carbocycles. The lowest BCUT2D eigenvalue weighted by Gasteiger charge is -2.31. The highest BCUT2D eigenvalue weighted by Crippen LogP contribution is 2.22. The summed E-state index contributed by atoms with van der Waals surface area (Å²) in [5, 5.41) is 12.7. The summed E-state index contributed by atoms with van der Waals surface area (Å²) >= 11 is 1.86. The van der Waals surface area contributed by atoms with Crippen molar-refractivity contribution in [3.8, 4) is 0 Å². The summed E-state index contributed by atoms with van der Waals surface area (Å²) < 4.78 is 4.59. The van der Waals surface area contributed by atoms with E-state index >= 15 is 0 Å². The van der Waals surface area contributed by atoms with E-state index in [2.05, 4.69) is 16.6 Å². The van der Waals surface area contributed by atoms with Crippen molar-refractivity contribution in [3.63, 3.8) is 0 Å². The van der Waals surface area contributed by atoms with Crippen molar-refractivity contribution in [2.75, 3.05) is 18.8 Å². The Labute approximate surface area is 108 Å². The zero-order valence-corrected chi connectivity index (χ0v) is 10.8. The normalized spacial score (nSPS) is 19.8. The minimum atomic E-state index is -1.22. The van der Waals surface area contributed by atoms with Gasteiger partial charge in [0.25, 0.3) is 5.91 Å². The first-order chi connectivity index (χ1) is 8.61. The van der Waals surface area contributed by atoms with E-state index in [-0.39, 0.29) is 17.4 Å². The van der Waals surface area contributed by atoms with Crippen LogP contribution in [-0.2, 0) is 0 Å². The van der Waals surface area contributed by atoms with E-state index in [1.165, 1.54) is 6.07 Å². The number of carboxylic acid groups (broad SMARTS) is 1. The first kappa shape index (κ1) is 12.9. The summed E-state index contributed by atoms with van der Waals surface area (Å²) in [4.78, 5) is 24.5. The molecule has 0 radical (unpaired) electrons. The average Bonchev–Trinajstić information content (AvgIpc) is 2.87. The molecule has 1 unspecified atom stereocenters. The van der Waals surface area contributed by atoms with Gasteiger partial charge >= 0.3 is 5.97 Å². The third-order valence-corrected chi connectivity index (χ3v) is 4.19. The van der Waals surface area contributed by atoms with Crippen LogP contribution in [0.2, 0.25) is 0 Å². The molecular formula is C11H14N2O4S. The average molecular weight is 270 g/mol. The molecule has 1 saturated heterocycles. The Hall–Kier alpha value is -1.50. The van der Waals surface area contributed by atoms with Crippen LogP contribution in [0.3, 0.4) is 0 Å². The highest BCUT2D eigenvalue weighted by atomic mass is 32.2. The van der Waals surface area contributed by atoms with Crippen LogP contribution < -0.4 is 0 Å². The van der Waals surface area contributed by atoms with Gasteiger partial charge in [-0.1, -0.05) is 12.1 Å². The molecule has 1 amide bonds. The Bertz CT molecular complexity index is 460. The van der Waals surface area contributed by atoms with Gasteiger partial charge in [-0.25, -0.2) is 4.79 Å². The van der Waals surface area contributed by atoms with Crippen molar-refractivity contribution in [1.29, 1.82) is 0 Å². The topological polar surface area (TPSA) is 83.6 Å². The molecule has 0 aromatic carbocycles. The number of aromatic carboxylic acids is 1. The van der Waals surface area contributed by atoms with E-state index < -0.39 is 5.97 Å². The summed E-state index contributed by atoms with van der Waals surface area (Å²) in [5.41, 5.74) is 0.0640. The summed E-state index contributed by atoms with van der Waals surface area (Å²) in [7, 11) is 0. The van der Waals surface area contributed by atoms with Crippen molar-refractivity contribution in [1.82, 2.24) is 10.1 Å². The van der Waals surface area contributed by atoms with Crippen molar-refractivity contribution < 1.29 is 19.2 Å². The largest absolute Gasteiger partial charge is 0.475 e. The number of aromatic nitrogens is 1. The highest BCUT2D eigenvalue weighted by Gasteiger charge is 2.26. The lowest BCUT2D eigenvalue weighted by molar-refractivity contribution is 0.0648. The van der Waals surface area contributed by atoms with Gasteiger partial charge in [0.05, 0.1) is 0 Å². The van der Waals surface area contributed by atoms with Gasteiger partial charge in [-0.05, 0) is 6.42 Å². The first-order valence-electron chi connectivity index (χ1n) is 5.72. The number of thioether (sulfide) groups is 1. The first-order valence-corrected chi connectivity index (χ1v) is 6.77. The van der Waals surface area contributed by atoms with Gasteiger partial charge in [-0.15, -0.1) is 0 Å². The van der Waals surface area contributed by atoms with Crippen LogP contribution in [0.25, 0.3) is 0 Å². The monoisotopic (exact) mass is 270 g/mol. The van der Waals surface area contributed by atoms with Gasteiger partial charge in [0.2, 0.25) is 5.76 Å². The lowest BCUT2D eigenvalue weighted by Crippen LogP contribution is -2.41. The van der Waals surface area contributed by atoms with Crippen molar-refractivity contribution in [2.45, 2.75) is 18.6 Å². The Balaban J connectivity index is 2.07. The molecule has 0 aliphatic carbocycles. The predicted octanol–water partition coefficient (Wildman–Crippen LogP) is 1.34. The number of nitrogens with zero attached hydrogens (tertiary/aromatic N) is 2. The number of carbonyl (C=O) groups is 2. The van der Waals surface area contributed by atoms with Crippen molar-refractivity contribution in [3.05, 3.63) is 17.5 Å². The van der Waals surface area contributed by atoms with E-state index in [0.29, 0.717) is 18.3 Å². The molecular weight excluding hydrogens is 256 g/mol. The van der Waals surface area contributed by atoms with Gasteiger partial charge in [-0.2, -0.15) is 11.8 Å². The molecule has 98 valence electrons. The molecule has 1 aromatic heterocycles. The summed E-state index contributed by atoms with van der Waals surface area (Å²) in [5.74, 6) is -0.891. The Kier molecular flexibility index (Phi) is 3.90. The standard InChI is InChI=1S/C11H14N2O4S/c1-2-7-6-13(3-4-18-7)10(14)8-5-9(11(15)16)17-12-8/h5,7H,2-4,6H2,1H3,(H,15,16). The molecule has 6 nitrogen and oxygen atoms in total. The molecule has 1 N–H and O–H groups in total. The smallest absolute Gasteiger partial charge is 0.374 e. The van der Waals surface area contributed by atoms with Crippen LogP contribution in [0.15, 0.2) is 10.6 Å². The second-order valence-corrected chi connectivity index (χ2v) is 5.44. The molecule has 7 heteroatoms. The molecule has 1 fully saturated rings. The van der Waals surface area contributed by atoms with Crippen molar-refractivity contribution >= 4 is 23.6 Å². The molecule has 1 aromatic rings. The molecule has 2 rings (SSSR count). The van der Waals surface area contributed by atoms with Crippen LogP contribution >= 0.6 is 11.8 Å². The van der Waals surface area contributed by atoms with Crippen LogP contribution in [-0.4, -0.2) is 51.1 Å². The number of rotatable bonds is 3. The maximum atomic E-state index is 12.1. The van der Waals surface area contributed by atoms with E-state index in [4.69, 9.17) is 5.11 Å². The SMILES string of the molecule is CCC1CN(C(=O)c2cc(C(=O)O)on2)CCS1. The number of carbonyl (C=O) groups excluding carboxylic acids is 1. The fourth-order valence-electron chi connectivity index (χ4n) is 1.79. The minimum absolute atomic E-state index is 0.0640. The quantitative estimate of drug-likeness (QED) is 0.892. The lowest BCUT2D eigenvalue weighted by atomic mass is 10.2. The fraction of sp³-hybridized carbons (Fsp3) is 0.545. The molecule has 1 atom stereocenters. The van der Waals surface area contributed by atoms with E-state index in [1.807, 2.05) is 11.8 Å². The number of hydrogen-bond donors (Lipinski definition) is 1. The minimum Gasteiger partial charge on any atom is -0.475 e. The fourth-order valence-corrected chi connectivity index (χ4v) is 2.97. The van der Waals surface area contributed by atoms with Gasteiger partial charge in [0.1, 0.15) is 0 Å². The molecule has 1 aliphatic heterocycles. The van der Waals surface area contributed by atoms with Gasteiger partial charge in [0, 0.05) is 30.2 Å². The van der Waals surface area contributed by atoms with Crippen LogP contribution in [0.1, 0.15) is 34.4 Å². The van der Waals surface area contributed by atoms with Crippen LogP contribution in [0.4, 0.5) is 0 Å². The second kappa shape index (κ2) is 5.43. The highest BCUT2D eigenvalue weighted by molar-refractivity contribution is 8.00. The summed E-state index contributed by atoms with van der Waals surface area (Å²) in [6, 6.07) is 1.17.